The van der Waals surface area contributed by atoms with Crippen LogP contribution in [0.15, 0.2) is 17.1 Å². The van der Waals surface area contributed by atoms with E-state index in [0.29, 0.717) is 0 Å². The average Bonchev–Trinajstić information content (AvgIpc) is 3.09. The van der Waals surface area contributed by atoms with E-state index in [-0.39, 0.29) is 23.6 Å². The number of aromatic amines is 1. The van der Waals surface area contributed by atoms with Crippen LogP contribution >= 0.6 is 0 Å². The Hall–Kier alpha value is -1.65. The predicted octanol–water partition coefficient (Wildman–Crippen LogP) is 1.62. The molecule has 0 unspecified atom stereocenters. The summed E-state index contributed by atoms with van der Waals surface area (Å²) < 4.78 is 0. The standard InChI is InChI=1S/C14H19N3O2/c18-13(10-4-1-2-5-10)17-9-3-6-12(17)11-7-8-15-14(19)16-11/h7-8,10,12H,1-6,9H2,(H,15,16,19)/t12-/m1/s1. The highest BCUT2D eigenvalue weighted by Crippen LogP contribution is 2.35. The van der Waals surface area contributed by atoms with Gasteiger partial charge in [-0.3, -0.25) is 4.79 Å². The molecule has 1 atom stereocenters. The van der Waals surface area contributed by atoms with Gasteiger partial charge in [0.1, 0.15) is 0 Å². The number of rotatable bonds is 2. The fourth-order valence-corrected chi connectivity index (χ4v) is 3.34. The summed E-state index contributed by atoms with van der Waals surface area (Å²) in [6, 6.07) is 1.84. The van der Waals surface area contributed by atoms with Crippen molar-refractivity contribution < 1.29 is 4.79 Å². The van der Waals surface area contributed by atoms with Crippen molar-refractivity contribution in [1.29, 1.82) is 0 Å². The third-order valence-electron chi connectivity index (χ3n) is 4.30. The van der Waals surface area contributed by atoms with E-state index in [4.69, 9.17) is 0 Å². The summed E-state index contributed by atoms with van der Waals surface area (Å²) >= 11 is 0. The minimum atomic E-state index is -0.335. The number of carbonyl (C=O) groups excluding carboxylic acids is 1. The molecule has 0 aromatic carbocycles. The van der Waals surface area contributed by atoms with Gasteiger partial charge in [-0.05, 0) is 31.7 Å². The zero-order valence-corrected chi connectivity index (χ0v) is 11.0. The number of nitrogens with zero attached hydrogens (tertiary/aromatic N) is 2. The third-order valence-corrected chi connectivity index (χ3v) is 4.30. The van der Waals surface area contributed by atoms with Crippen molar-refractivity contribution in [2.45, 2.75) is 44.6 Å². The molecule has 1 aliphatic carbocycles. The van der Waals surface area contributed by atoms with Crippen molar-refractivity contribution in [3.8, 4) is 0 Å². The lowest BCUT2D eigenvalue weighted by Gasteiger charge is -2.27. The first-order chi connectivity index (χ1) is 9.25. The Balaban J connectivity index is 1.81. The maximum absolute atomic E-state index is 12.5. The number of carbonyl (C=O) groups is 1. The summed E-state index contributed by atoms with van der Waals surface area (Å²) in [6.07, 6.45) is 7.84. The van der Waals surface area contributed by atoms with Gasteiger partial charge in [0.15, 0.2) is 0 Å². The summed E-state index contributed by atoms with van der Waals surface area (Å²) in [5, 5.41) is 0. The quantitative estimate of drug-likeness (QED) is 0.879. The first-order valence-corrected chi connectivity index (χ1v) is 7.11. The maximum atomic E-state index is 12.5. The summed E-state index contributed by atoms with van der Waals surface area (Å²) in [5.74, 6) is 0.479. The van der Waals surface area contributed by atoms with Crippen molar-refractivity contribution >= 4 is 5.91 Å². The van der Waals surface area contributed by atoms with E-state index in [1.807, 2.05) is 11.0 Å². The van der Waals surface area contributed by atoms with Gasteiger partial charge in [0, 0.05) is 24.4 Å². The van der Waals surface area contributed by atoms with Gasteiger partial charge >= 0.3 is 5.69 Å². The molecule has 0 bridgehead atoms. The molecule has 1 aliphatic heterocycles. The Morgan fingerprint density at radius 3 is 2.79 bits per heavy atom. The molecule has 3 rings (SSSR count). The second-order valence-corrected chi connectivity index (χ2v) is 5.50. The molecular weight excluding hydrogens is 242 g/mol. The van der Waals surface area contributed by atoms with Crippen LogP contribution in [-0.2, 0) is 4.79 Å². The first-order valence-electron chi connectivity index (χ1n) is 7.11. The highest BCUT2D eigenvalue weighted by molar-refractivity contribution is 5.79. The number of likely N-dealkylation sites (tertiary alicyclic amines) is 1. The van der Waals surface area contributed by atoms with E-state index in [2.05, 4.69) is 9.97 Å². The molecule has 5 heteroatoms. The average molecular weight is 261 g/mol. The van der Waals surface area contributed by atoms with Crippen LogP contribution in [0.5, 0.6) is 0 Å². The second kappa shape index (κ2) is 5.15. The normalized spacial score (nSPS) is 24.0. The molecule has 2 heterocycles. The van der Waals surface area contributed by atoms with Gasteiger partial charge in [0.25, 0.3) is 0 Å². The molecule has 2 fully saturated rings. The van der Waals surface area contributed by atoms with Crippen LogP contribution in [0.4, 0.5) is 0 Å². The lowest BCUT2D eigenvalue weighted by molar-refractivity contribution is -0.136. The van der Waals surface area contributed by atoms with Crippen molar-refractivity contribution in [2.24, 2.45) is 5.92 Å². The van der Waals surface area contributed by atoms with Crippen LogP contribution in [0.1, 0.15) is 50.3 Å². The molecule has 1 saturated carbocycles. The molecule has 1 amide bonds. The largest absolute Gasteiger partial charge is 0.345 e. The number of nitrogens with one attached hydrogen (secondary N) is 1. The Labute approximate surface area is 112 Å². The van der Waals surface area contributed by atoms with Gasteiger partial charge in [-0.2, -0.15) is 0 Å². The minimum absolute atomic E-state index is 0.0313. The fraction of sp³-hybridized carbons (Fsp3) is 0.643. The highest BCUT2D eigenvalue weighted by atomic mass is 16.2. The number of hydrogen-bond donors (Lipinski definition) is 1. The van der Waals surface area contributed by atoms with E-state index in [1.54, 1.807) is 0 Å². The van der Waals surface area contributed by atoms with E-state index < -0.39 is 0 Å². The summed E-state index contributed by atoms with van der Waals surface area (Å²) in [5.41, 5.74) is 0.488. The van der Waals surface area contributed by atoms with Crippen molar-refractivity contribution in [3.05, 3.63) is 28.4 Å². The van der Waals surface area contributed by atoms with Crippen LogP contribution in [0.3, 0.4) is 0 Å². The predicted molar refractivity (Wildman–Crippen MR) is 70.5 cm³/mol. The molecule has 1 N–H and O–H groups in total. The van der Waals surface area contributed by atoms with Gasteiger partial charge in [-0.15, -0.1) is 0 Å². The number of hydrogen-bond acceptors (Lipinski definition) is 3. The Morgan fingerprint density at radius 2 is 2.05 bits per heavy atom. The molecule has 102 valence electrons. The first kappa shape index (κ1) is 12.4. The third kappa shape index (κ3) is 2.41. The smallest absolute Gasteiger partial charge is 0.334 e. The lowest BCUT2D eigenvalue weighted by atomic mass is 10.1. The summed E-state index contributed by atoms with van der Waals surface area (Å²) in [4.78, 5) is 32.2. The van der Waals surface area contributed by atoms with Gasteiger partial charge in [-0.1, -0.05) is 12.8 Å². The Kier molecular flexibility index (Phi) is 3.36. The monoisotopic (exact) mass is 261 g/mol. The number of amides is 1. The van der Waals surface area contributed by atoms with Crippen LogP contribution in [0, 0.1) is 5.92 Å². The SMILES string of the molecule is O=C(C1CCCC1)N1CCC[C@@H]1c1ccnc(=O)[nH]1. The second-order valence-electron chi connectivity index (χ2n) is 5.50. The molecule has 1 aromatic rings. The molecule has 0 spiro atoms. The van der Waals surface area contributed by atoms with E-state index in [0.717, 1.165) is 37.9 Å². The molecule has 1 saturated heterocycles. The molecule has 5 nitrogen and oxygen atoms in total. The lowest BCUT2D eigenvalue weighted by Crippen LogP contribution is -2.35. The van der Waals surface area contributed by atoms with Gasteiger partial charge in [0.2, 0.25) is 5.91 Å². The minimum Gasteiger partial charge on any atom is -0.334 e. The highest BCUT2D eigenvalue weighted by Gasteiger charge is 2.35. The van der Waals surface area contributed by atoms with E-state index in [9.17, 15) is 9.59 Å². The summed E-state index contributed by atoms with van der Waals surface area (Å²) in [6.45, 7) is 0.810. The Morgan fingerprint density at radius 1 is 1.26 bits per heavy atom. The number of aromatic nitrogens is 2. The van der Waals surface area contributed by atoms with Crippen LogP contribution in [-0.4, -0.2) is 27.3 Å². The van der Waals surface area contributed by atoms with Gasteiger partial charge in [0.05, 0.1) is 6.04 Å². The fourth-order valence-electron chi connectivity index (χ4n) is 3.34. The van der Waals surface area contributed by atoms with Crippen molar-refractivity contribution in [2.75, 3.05) is 6.54 Å². The molecule has 19 heavy (non-hydrogen) atoms. The molecule has 0 radical (unpaired) electrons. The topological polar surface area (TPSA) is 66.1 Å². The van der Waals surface area contributed by atoms with Crippen LogP contribution < -0.4 is 5.69 Å². The van der Waals surface area contributed by atoms with Crippen LogP contribution in [0.2, 0.25) is 0 Å². The van der Waals surface area contributed by atoms with E-state index >= 15 is 0 Å². The maximum Gasteiger partial charge on any atom is 0.345 e. The number of H-pyrrole nitrogens is 1. The molecular formula is C14H19N3O2. The van der Waals surface area contributed by atoms with Crippen molar-refractivity contribution in [1.82, 2.24) is 14.9 Å². The summed E-state index contributed by atoms with van der Waals surface area (Å²) in [7, 11) is 0. The van der Waals surface area contributed by atoms with Crippen LogP contribution in [0.25, 0.3) is 0 Å². The molecule has 2 aliphatic rings. The van der Waals surface area contributed by atoms with Crippen molar-refractivity contribution in [3.63, 3.8) is 0 Å². The van der Waals surface area contributed by atoms with E-state index in [1.165, 1.54) is 19.0 Å². The van der Waals surface area contributed by atoms with Gasteiger partial charge < -0.3 is 9.88 Å². The zero-order chi connectivity index (χ0) is 13.2. The molecule has 1 aromatic heterocycles. The zero-order valence-electron chi connectivity index (χ0n) is 11.0. The van der Waals surface area contributed by atoms with Gasteiger partial charge in [-0.25, -0.2) is 9.78 Å². The Bertz CT molecular complexity index is 519.